The van der Waals surface area contributed by atoms with Gasteiger partial charge in [-0.2, -0.15) is 0 Å². The number of nitrogens with zero attached hydrogens (tertiary/aromatic N) is 1. The van der Waals surface area contributed by atoms with E-state index >= 15 is 0 Å². The summed E-state index contributed by atoms with van der Waals surface area (Å²) >= 11 is 3.41. The fourth-order valence-electron chi connectivity index (χ4n) is 2.33. The van der Waals surface area contributed by atoms with Crippen molar-refractivity contribution < 1.29 is 14.6 Å². The average molecular weight is 344 g/mol. The highest BCUT2D eigenvalue weighted by Crippen LogP contribution is 2.28. The van der Waals surface area contributed by atoms with Crippen LogP contribution >= 0.6 is 15.9 Å². The molecule has 0 amide bonds. The van der Waals surface area contributed by atoms with Crippen molar-refractivity contribution in [3.05, 3.63) is 28.2 Å². The first-order valence-electron chi connectivity index (χ1n) is 7.04. The van der Waals surface area contributed by atoms with Crippen LogP contribution in [0.4, 0.5) is 0 Å². The molecule has 5 heteroatoms. The summed E-state index contributed by atoms with van der Waals surface area (Å²) in [5.41, 5.74) is 0.794. The Labute approximate surface area is 128 Å². The third-order valence-corrected chi connectivity index (χ3v) is 4.01. The van der Waals surface area contributed by atoms with Gasteiger partial charge < -0.3 is 14.6 Å². The van der Waals surface area contributed by atoms with Crippen LogP contribution in [0.25, 0.3) is 0 Å². The molecule has 1 saturated heterocycles. The lowest BCUT2D eigenvalue weighted by Crippen LogP contribution is -2.44. The minimum atomic E-state index is -0.554. The van der Waals surface area contributed by atoms with Crippen LogP contribution in [0.3, 0.4) is 0 Å². The molecule has 112 valence electrons. The highest BCUT2D eigenvalue weighted by atomic mass is 79.9. The van der Waals surface area contributed by atoms with E-state index < -0.39 is 6.10 Å². The van der Waals surface area contributed by atoms with Crippen molar-refractivity contribution in [1.82, 2.24) is 4.90 Å². The van der Waals surface area contributed by atoms with Crippen LogP contribution in [-0.2, 0) is 4.74 Å². The van der Waals surface area contributed by atoms with Crippen LogP contribution in [0.1, 0.15) is 25.5 Å². The standard InChI is InChI=1S/C15H22BrNO3/c1-3-17-6-7-19-13(9-17)10-20-15-5-4-12(16)8-14(15)11(2)18/h4-5,8,11,13,18H,3,6-7,9-10H2,1-2H3/t11-,13?/m1/s1. The van der Waals surface area contributed by atoms with E-state index in [4.69, 9.17) is 9.47 Å². The first-order chi connectivity index (χ1) is 9.60. The van der Waals surface area contributed by atoms with Crippen molar-refractivity contribution in [2.45, 2.75) is 26.1 Å². The number of hydrogen-bond acceptors (Lipinski definition) is 4. The third kappa shape index (κ3) is 4.19. The fraction of sp³-hybridized carbons (Fsp3) is 0.600. The minimum absolute atomic E-state index is 0.0918. The zero-order chi connectivity index (χ0) is 14.5. The topological polar surface area (TPSA) is 41.9 Å². The summed E-state index contributed by atoms with van der Waals surface area (Å²) in [4.78, 5) is 2.36. The molecule has 1 aromatic carbocycles. The zero-order valence-corrected chi connectivity index (χ0v) is 13.6. The van der Waals surface area contributed by atoms with E-state index in [0.29, 0.717) is 6.61 Å². The van der Waals surface area contributed by atoms with Crippen LogP contribution in [0.5, 0.6) is 5.75 Å². The summed E-state index contributed by atoms with van der Waals surface area (Å²) in [6, 6.07) is 5.69. The summed E-state index contributed by atoms with van der Waals surface area (Å²) in [6.45, 7) is 8.09. The van der Waals surface area contributed by atoms with E-state index in [1.54, 1.807) is 6.92 Å². The summed E-state index contributed by atoms with van der Waals surface area (Å²) in [6.07, 6.45) is -0.462. The maximum Gasteiger partial charge on any atom is 0.125 e. The summed E-state index contributed by atoms with van der Waals surface area (Å²) in [7, 11) is 0. The molecule has 0 aromatic heterocycles. The summed E-state index contributed by atoms with van der Waals surface area (Å²) < 4.78 is 12.5. The molecule has 1 fully saturated rings. The van der Waals surface area contributed by atoms with E-state index in [1.807, 2.05) is 18.2 Å². The van der Waals surface area contributed by atoms with Crippen LogP contribution in [0.2, 0.25) is 0 Å². The molecule has 0 aliphatic carbocycles. The molecule has 0 radical (unpaired) electrons. The molecule has 0 bridgehead atoms. The second kappa shape index (κ2) is 7.41. The van der Waals surface area contributed by atoms with Gasteiger partial charge in [0.1, 0.15) is 18.5 Å². The van der Waals surface area contributed by atoms with Crippen LogP contribution in [0, 0.1) is 0 Å². The highest BCUT2D eigenvalue weighted by Gasteiger charge is 2.20. The molecule has 1 aliphatic rings. The summed E-state index contributed by atoms with van der Waals surface area (Å²) in [5.74, 6) is 0.723. The van der Waals surface area contributed by atoms with Gasteiger partial charge in [-0.1, -0.05) is 22.9 Å². The molecular weight excluding hydrogens is 322 g/mol. The zero-order valence-electron chi connectivity index (χ0n) is 12.0. The van der Waals surface area contributed by atoms with E-state index in [-0.39, 0.29) is 6.10 Å². The van der Waals surface area contributed by atoms with Crippen molar-refractivity contribution in [2.24, 2.45) is 0 Å². The normalized spacial score (nSPS) is 21.7. The Morgan fingerprint density at radius 3 is 3.05 bits per heavy atom. The summed E-state index contributed by atoms with van der Waals surface area (Å²) in [5, 5.41) is 9.81. The van der Waals surface area contributed by atoms with Crippen molar-refractivity contribution in [1.29, 1.82) is 0 Å². The Kier molecular flexibility index (Phi) is 5.84. The molecule has 1 aliphatic heterocycles. The van der Waals surface area contributed by atoms with Crippen LogP contribution in [-0.4, -0.2) is 49.0 Å². The predicted molar refractivity (Wildman–Crippen MR) is 82.1 cm³/mol. The number of ether oxygens (including phenoxy) is 2. The SMILES string of the molecule is CCN1CCOC(COc2ccc(Br)cc2[C@@H](C)O)C1. The van der Waals surface area contributed by atoms with Crippen molar-refractivity contribution in [3.63, 3.8) is 0 Å². The van der Waals surface area contributed by atoms with Gasteiger partial charge in [-0.25, -0.2) is 0 Å². The monoisotopic (exact) mass is 343 g/mol. The molecule has 1 N–H and O–H groups in total. The Hall–Kier alpha value is -0.620. The maximum absolute atomic E-state index is 9.81. The van der Waals surface area contributed by atoms with E-state index in [9.17, 15) is 5.11 Å². The average Bonchev–Trinajstić information content (AvgIpc) is 2.46. The number of aliphatic hydroxyl groups is 1. The fourth-order valence-corrected chi connectivity index (χ4v) is 2.71. The van der Waals surface area contributed by atoms with Gasteiger partial charge in [-0.3, -0.25) is 4.90 Å². The second-order valence-corrected chi connectivity index (χ2v) is 5.97. The van der Waals surface area contributed by atoms with Crippen LogP contribution in [0.15, 0.2) is 22.7 Å². The number of rotatable bonds is 5. The Balaban J connectivity index is 1.96. The number of benzene rings is 1. The molecule has 0 saturated carbocycles. The molecule has 2 rings (SSSR count). The van der Waals surface area contributed by atoms with Gasteiger partial charge in [-0.05, 0) is 31.7 Å². The first kappa shape index (κ1) is 15.8. The lowest BCUT2D eigenvalue weighted by molar-refractivity contribution is -0.0467. The maximum atomic E-state index is 9.81. The third-order valence-electron chi connectivity index (χ3n) is 3.52. The second-order valence-electron chi connectivity index (χ2n) is 5.06. The van der Waals surface area contributed by atoms with Gasteiger partial charge in [0.05, 0.1) is 12.7 Å². The van der Waals surface area contributed by atoms with E-state index in [2.05, 4.69) is 27.8 Å². The molecule has 1 unspecified atom stereocenters. The van der Waals surface area contributed by atoms with Gasteiger partial charge in [0.25, 0.3) is 0 Å². The van der Waals surface area contributed by atoms with Crippen molar-refractivity contribution >= 4 is 15.9 Å². The number of aliphatic hydroxyl groups excluding tert-OH is 1. The van der Waals surface area contributed by atoms with Crippen molar-refractivity contribution in [2.75, 3.05) is 32.8 Å². The molecule has 2 atom stereocenters. The quantitative estimate of drug-likeness (QED) is 0.892. The Morgan fingerprint density at radius 1 is 1.55 bits per heavy atom. The van der Waals surface area contributed by atoms with E-state index in [1.165, 1.54) is 0 Å². The van der Waals surface area contributed by atoms with Gasteiger partial charge in [0, 0.05) is 23.1 Å². The smallest absolute Gasteiger partial charge is 0.125 e. The first-order valence-corrected chi connectivity index (χ1v) is 7.83. The molecule has 0 spiro atoms. The van der Waals surface area contributed by atoms with Crippen LogP contribution < -0.4 is 4.74 Å². The number of hydrogen-bond donors (Lipinski definition) is 1. The Bertz CT molecular complexity index is 439. The Morgan fingerprint density at radius 2 is 2.35 bits per heavy atom. The molecule has 1 aromatic rings. The molecule has 4 nitrogen and oxygen atoms in total. The lowest BCUT2D eigenvalue weighted by atomic mass is 10.1. The minimum Gasteiger partial charge on any atom is -0.490 e. The largest absolute Gasteiger partial charge is 0.490 e. The molecule has 20 heavy (non-hydrogen) atoms. The van der Waals surface area contributed by atoms with Gasteiger partial charge >= 0.3 is 0 Å². The van der Waals surface area contributed by atoms with E-state index in [0.717, 1.165) is 42.0 Å². The van der Waals surface area contributed by atoms with Gasteiger partial charge in [0.15, 0.2) is 0 Å². The van der Waals surface area contributed by atoms with Gasteiger partial charge in [0.2, 0.25) is 0 Å². The molecular formula is C15H22BrNO3. The number of morpholine rings is 1. The molecule has 1 heterocycles. The lowest BCUT2D eigenvalue weighted by Gasteiger charge is -2.32. The number of halogens is 1. The van der Waals surface area contributed by atoms with Crippen molar-refractivity contribution in [3.8, 4) is 5.75 Å². The number of likely N-dealkylation sites (N-methyl/N-ethyl adjacent to an activating group) is 1. The predicted octanol–water partition coefficient (Wildman–Crippen LogP) is 2.60. The van der Waals surface area contributed by atoms with Gasteiger partial charge in [-0.15, -0.1) is 0 Å². The highest BCUT2D eigenvalue weighted by molar-refractivity contribution is 9.10.